The largest absolute Gasteiger partial charge is 0.433 e. The van der Waals surface area contributed by atoms with Crippen molar-refractivity contribution < 1.29 is 21.6 Å². The zero-order valence-electron chi connectivity index (χ0n) is 13.7. The van der Waals surface area contributed by atoms with Crippen molar-refractivity contribution >= 4 is 26.7 Å². The van der Waals surface area contributed by atoms with Crippen LogP contribution in [0.5, 0.6) is 0 Å². The van der Waals surface area contributed by atoms with Gasteiger partial charge in [0.1, 0.15) is 17.2 Å². The minimum Gasteiger partial charge on any atom is -0.384 e. The third kappa shape index (κ3) is 2.98. The number of alkyl halides is 3. The number of halogens is 3. The first-order valence-corrected chi connectivity index (χ1v) is 9.09. The van der Waals surface area contributed by atoms with Gasteiger partial charge < -0.3 is 10.3 Å². The fourth-order valence-corrected chi connectivity index (χ4v) is 3.50. The number of nitrogens with zero attached hydrogens (tertiary/aromatic N) is 4. The molecule has 0 amide bonds. The van der Waals surface area contributed by atoms with E-state index in [1.165, 1.54) is 30.7 Å². The first-order chi connectivity index (χ1) is 12.0. The van der Waals surface area contributed by atoms with E-state index >= 15 is 0 Å². The van der Waals surface area contributed by atoms with E-state index in [-0.39, 0.29) is 33.5 Å². The first-order valence-electron chi connectivity index (χ1n) is 7.44. The molecule has 0 saturated carbocycles. The summed E-state index contributed by atoms with van der Waals surface area (Å²) in [5.74, 6) is -0.0216. The molecule has 3 heterocycles. The Morgan fingerprint density at radius 2 is 1.92 bits per heavy atom. The molecule has 0 saturated heterocycles. The van der Waals surface area contributed by atoms with Crippen molar-refractivity contribution in [1.29, 1.82) is 0 Å². The summed E-state index contributed by atoms with van der Waals surface area (Å²) >= 11 is 0. The molecule has 0 aliphatic heterocycles. The Kier molecular flexibility index (Phi) is 4.14. The summed E-state index contributed by atoms with van der Waals surface area (Å²) in [6.45, 7) is 1.48. The molecule has 0 bridgehead atoms. The van der Waals surface area contributed by atoms with E-state index < -0.39 is 21.7 Å². The summed E-state index contributed by atoms with van der Waals surface area (Å²) < 4.78 is 64.7. The number of nitrogens with two attached hydrogens (primary N) is 1. The molecule has 26 heavy (non-hydrogen) atoms. The molecule has 0 atom stereocenters. The van der Waals surface area contributed by atoms with Crippen LogP contribution in [0, 0.1) is 0 Å². The maximum atomic E-state index is 12.9. The number of imidazole rings is 1. The SMILES string of the molecule is CCS(=O)(=O)c1ccc(N)nc1-c1nc2cc(C(F)(F)F)ncc2n1C. The highest BCUT2D eigenvalue weighted by atomic mass is 32.2. The van der Waals surface area contributed by atoms with Gasteiger partial charge in [0.2, 0.25) is 0 Å². The highest BCUT2D eigenvalue weighted by Gasteiger charge is 2.33. The lowest BCUT2D eigenvalue weighted by Gasteiger charge is -2.09. The summed E-state index contributed by atoms with van der Waals surface area (Å²) in [6, 6.07) is 3.46. The molecule has 7 nitrogen and oxygen atoms in total. The van der Waals surface area contributed by atoms with Gasteiger partial charge in [0.15, 0.2) is 15.7 Å². The van der Waals surface area contributed by atoms with Crippen LogP contribution in [0.3, 0.4) is 0 Å². The van der Waals surface area contributed by atoms with E-state index in [9.17, 15) is 21.6 Å². The smallest absolute Gasteiger partial charge is 0.384 e. The van der Waals surface area contributed by atoms with E-state index in [0.29, 0.717) is 5.52 Å². The van der Waals surface area contributed by atoms with Gasteiger partial charge >= 0.3 is 6.18 Å². The Bertz CT molecular complexity index is 1110. The highest BCUT2D eigenvalue weighted by molar-refractivity contribution is 7.91. The van der Waals surface area contributed by atoms with Gasteiger partial charge in [-0.3, -0.25) is 0 Å². The summed E-state index contributed by atoms with van der Waals surface area (Å²) in [4.78, 5) is 11.5. The standard InChI is InChI=1S/C15H14F3N5O2S/c1-3-26(24,25)10-4-5-12(19)22-13(10)14-21-8-6-11(15(16,17)18)20-7-9(8)23(14)2/h4-7H,3H2,1-2H3,(H2,19,22). The van der Waals surface area contributed by atoms with Crippen molar-refractivity contribution in [3.05, 3.63) is 30.1 Å². The second-order valence-corrected chi connectivity index (χ2v) is 7.78. The van der Waals surface area contributed by atoms with E-state index in [2.05, 4.69) is 15.0 Å². The lowest BCUT2D eigenvalue weighted by Crippen LogP contribution is -2.09. The van der Waals surface area contributed by atoms with E-state index in [4.69, 9.17) is 5.73 Å². The van der Waals surface area contributed by atoms with Gasteiger partial charge in [-0.05, 0) is 18.2 Å². The van der Waals surface area contributed by atoms with Gasteiger partial charge in [-0.2, -0.15) is 13.2 Å². The Morgan fingerprint density at radius 1 is 1.23 bits per heavy atom. The molecule has 3 aromatic rings. The Hall–Kier alpha value is -2.69. The lowest BCUT2D eigenvalue weighted by molar-refractivity contribution is -0.141. The minimum atomic E-state index is -4.61. The molecule has 3 rings (SSSR count). The molecule has 0 aliphatic rings. The molecule has 0 spiro atoms. The first kappa shape index (κ1) is 18.1. The van der Waals surface area contributed by atoms with Gasteiger partial charge in [-0.1, -0.05) is 6.92 Å². The van der Waals surface area contributed by atoms with Crippen molar-refractivity contribution in [2.24, 2.45) is 7.05 Å². The predicted octanol–water partition coefficient (Wildman–Crippen LogP) is 2.42. The van der Waals surface area contributed by atoms with Crippen molar-refractivity contribution in [2.75, 3.05) is 11.5 Å². The Morgan fingerprint density at radius 3 is 2.54 bits per heavy atom. The summed E-state index contributed by atoms with van der Waals surface area (Å²) in [5.41, 5.74) is 4.89. The summed E-state index contributed by atoms with van der Waals surface area (Å²) in [6.07, 6.45) is -3.58. The van der Waals surface area contributed by atoms with Crippen LogP contribution >= 0.6 is 0 Å². The monoisotopic (exact) mass is 385 g/mol. The van der Waals surface area contributed by atoms with E-state index in [0.717, 1.165) is 12.3 Å². The number of aromatic nitrogens is 4. The zero-order valence-corrected chi connectivity index (χ0v) is 14.6. The van der Waals surface area contributed by atoms with Crippen LogP contribution < -0.4 is 5.73 Å². The number of aryl methyl sites for hydroxylation is 1. The fourth-order valence-electron chi connectivity index (χ4n) is 2.48. The number of pyridine rings is 2. The minimum absolute atomic E-state index is 0.0147. The number of hydrogen-bond acceptors (Lipinski definition) is 6. The topological polar surface area (TPSA) is 104 Å². The van der Waals surface area contributed by atoms with Gasteiger partial charge in [0.25, 0.3) is 0 Å². The van der Waals surface area contributed by atoms with Crippen LogP contribution in [0.1, 0.15) is 12.6 Å². The van der Waals surface area contributed by atoms with Crippen LogP contribution in [0.4, 0.5) is 19.0 Å². The Labute approximate surface area is 146 Å². The molecule has 0 unspecified atom stereocenters. The highest BCUT2D eigenvalue weighted by Crippen LogP contribution is 2.32. The number of hydrogen-bond donors (Lipinski definition) is 1. The lowest BCUT2D eigenvalue weighted by atomic mass is 10.3. The second kappa shape index (κ2) is 5.94. The number of fused-ring (bicyclic) bond motifs is 1. The number of rotatable bonds is 3. The molecule has 3 aromatic heterocycles. The third-order valence-electron chi connectivity index (χ3n) is 3.86. The molecule has 0 aromatic carbocycles. The predicted molar refractivity (Wildman–Crippen MR) is 88.9 cm³/mol. The average molecular weight is 385 g/mol. The molecule has 0 aliphatic carbocycles. The molecular formula is C15H14F3N5O2S. The van der Waals surface area contributed by atoms with Crippen LogP contribution in [0.15, 0.2) is 29.3 Å². The number of anilines is 1. The van der Waals surface area contributed by atoms with E-state index in [1.807, 2.05) is 0 Å². The maximum absolute atomic E-state index is 12.9. The van der Waals surface area contributed by atoms with Gasteiger partial charge in [-0.25, -0.2) is 23.4 Å². The molecule has 0 fully saturated rings. The average Bonchev–Trinajstić information content (AvgIpc) is 2.90. The second-order valence-electron chi connectivity index (χ2n) is 5.54. The van der Waals surface area contributed by atoms with Crippen LogP contribution in [-0.2, 0) is 23.1 Å². The molecule has 138 valence electrons. The van der Waals surface area contributed by atoms with Crippen LogP contribution in [-0.4, -0.2) is 33.7 Å². The molecule has 11 heteroatoms. The van der Waals surface area contributed by atoms with Gasteiger partial charge in [0.05, 0.1) is 27.9 Å². The number of sulfone groups is 1. The fraction of sp³-hybridized carbons (Fsp3) is 0.267. The normalized spacial score (nSPS) is 12.7. The van der Waals surface area contributed by atoms with Crippen molar-refractivity contribution in [3.63, 3.8) is 0 Å². The van der Waals surface area contributed by atoms with Crippen LogP contribution in [0.2, 0.25) is 0 Å². The molecular weight excluding hydrogens is 371 g/mol. The van der Waals surface area contributed by atoms with Gasteiger partial charge in [0, 0.05) is 7.05 Å². The van der Waals surface area contributed by atoms with Crippen molar-refractivity contribution in [2.45, 2.75) is 18.0 Å². The third-order valence-corrected chi connectivity index (χ3v) is 5.62. The molecule has 0 radical (unpaired) electrons. The number of nitrogen functional groups attached to an aromatic ring is 1. The van der Waals surface area contributed by atoms with Crippen molar-refractivity contribution in [3.8, 4) is 11.5 Å². The summed E-state index contributed by atoms with van der Waals surface area (Å²) in [7, 11) is -2.11. The van der Waals surface area contributed by atoms with Crippen LogP contribution in [0.25, 0.3) is 22.6 Å². The summed E-state index contributed by atoms with van der Waals surface area (Å²) in [5, 5.41) is 0. The Balaban J connectivity index is 2.30. The quantitative estimate of drug-likeness (QED) is 0.743. The maximum Gasteiger partial charge on any atom is 0.433 e. The van der Waals surface area contributed by atoms with Crippen molar-refractivity contribution in [1.82, 2.24) is 19.5 Å². The zero-order chi connectivity index (χ0) is 19.3. The van der Waals surface area contributed by atoms with E-state index in [1.54, 1.807) is 0 Å². The van der Waals surface area contributed by atoms with Gasteiger partial charge in [-0.15, -0.1) is 0 Å². The molecule has 2 N–H and O–H groups in total.